The van der Waals surface area contributed by atoms with Crippen molar-refractivity contribution in [1.29, 1.82) is 0 Å². The van der Waals surface area contributed by atoms with Crippen LogP contribution in [0.25, 0.3) is 0 Å². The predicted molar refractivity (Wildman–Crippen MR) is 72.8 cm³/mol. The van der Waals surface area contributed by atoms with Crippen LogP contribution in [0.5, 0.6) is 0 Å². The number of nitrogens with two attached hydrogens (primary N) is 1. The van der Waals surface area contributed by atoms with E-state index < -0.39 is 0 Å². The predicted octanol–water partition coefficient (Wildman–Crippen LogP) is 1.70. The maximum absolute atomic E-state index is 9.39. The first-order chi connectivity index (χ1) is 7.90. The molecule has 0 aromatic rings. The Morgan fingerprint density at radius 3 is 2.47 bits per heavy atom. The minimum atomic E-state index is -0.249. The minimum Gasteiger partial charge on any atom is -0.392 e. The van der Waals surface area contributed by atoms with Crippen LogP contribution in [0.2, 0.25) is 0 Å². The van der Waals surface area contributed by atoms with Gasteiger partial charge in [0.1, 0.15) is 0 Å². The molecule has 1 rings (SSSR count). The van der Waals surface area contributed by atoms with Gasteiger partial charge < -0.3 is 15.7 Å². The summed E-state index contributed by atoms with van der Waals surface area (Å²) in [5, 5.41) is 9.39. The fourth-order valence-corrected chi connectivity index (χ4v) is 3.07. The molecule has 3 nitrogen and oxygen atoms in total. The minimum absolute atomic E-state index is 0.249. The van der Waals surface area contributed by atoms with Crippen molar-refractivity contribution in [2.24, 2.45) is 23.5 Å². The lowest BCUT2D eigenvalue weighted by Crippen LogP contribution is -2.44. The van der Waals surface area contributed by atoms with E-state index in [9.17, 15) is 5.11 Å². The van der Waals surface area contributed by atoms with E-state index in [-0.39, 0.29) is 6.10 Å². The summed E-state index contributed by atoms with van der Waals surface area (Å²) in [6.07, 6.45) is 3.45. The van der Waals surface area contributed by atoms with Gasteiger partial charge in [-0.1, -0.05) is 13.8 Å². The fraction of sp³-hybridized carbons (Fsp3) is 1.00. The molecule has 0 aromatic heterocycles. The summed E-state index contributed by atoms with van der Waals surface area (Å²) in [6, 6.07) is 0.349. The number of aliphatic hydroxyl groups is 1. The maximum Gasteiger partial charge on any atom is 0.0638 e. The van der Waals surface area contributed by atoms with Crippen molar-refractivity contribution in [3.63, 3.8) is 0 Å². The molecule has 3 heteroatoms. The average Bonchev–Trinajstić information content (AvgIpc) is 2.19. The third kappa shape index (κ3) is 4.94. The Morgan fingerprint density at radius 2 is 1.94 bits per heavy atom. The highest BCUT2D eigenvalue weighted by Crippen LogP contribution is 2.33. The second-order valence-corrected chi connectivity index (χ2v) is 6.31. The molecule has 4 unspecified atom stereocenters. The Labute approximate surface area is 106 Å². The van der Waals surface area contributed by atoms with Gasteiger partial charge in [-0.3, -0.25) is 0 Å². The van der Waals surface area contributed by atoms with E-state index in [1.165, 1.54) is 12.8 Å². The van der Waals surface area contributed by atoms with E-state index in [4.69, 9.17) is 5.73 Å². The van der Waals surface area contributed by atoms with Crippen LogP contribution in [0.3, 0.4) is 0 Å². The number of hydrogen-bond donors (Lipinski definition) is 2. The zero-order valence-corrected chi connectivity index (χ0v) is 11.9. The second-order valence-electron chi connectivity index (χ2n) is 6.31. The lowest BCUT2D eigenvalue weighted by Gasteiger charge is -2.38. The SMILES string of the molecule is CC(O)CN(C)CC1CC(C(C)C)CCC1N. The summed E-state index contributed by atoms with van der Waals surface area (Å²) in [5.41, 5.74) is 6.23. The Kier molecular flexibility index (Phi) is 5.90. The van der Waals surface area contributed by atoms with Crippen molar-refractivity contribution in [3.05, 3.63) is 0 Å². The molecule has 17 heavy (non-hydrogen) atoms. The summed E-state index contributed by atoms with van der Waals surface area (Å²) in [5.74, 6) is 2.20. The number of likely N-dealkylation sites (N-methyl/N-ethyl adjacent to an activating group) is 1. The van der Waals surface area contributed by atoms with Crippen LogP contribution in [-0.2, 0) is 0 Å². The van der Waals surface area contributed by atoms with E-state index in [1.54, 1.807) is 0 Å². The van der Waals surface area contributed by atoms with Gasteiger partial charge >= 0.3 is 0 Å². The first kappa shape index (κ1) is 14.9. The van der Waals surface area contributed by atoms with E-state index in [0.717, 1.165) is 31.3 Å². The summed E-state index contributed by atoms with van der Waals surface area (Å²) in [7, 11) is 2.08. The molecule has 1 aliphatic rings. The lowest BCUT2D eigenvalue weighted by atomic mass is 9.74. The van der Waals surface area contributed by atoms with Crippen molar-refractivity contribution in [2.45, 2.75) is 52.2 Å². The molecule has 1 fully saturated rings. The number of hydrogen-bond acceptors (Lipinski definition) is 3. The van der Waals surface area contributed by atoms with Crippen LogP contribution in [0.15, 0.2) is 0 Å². The molecular formula is C14H30N2O. The molecule has 102 valence electrons. The van der Waals surface area contributed by atoms with Crippen molar-refractivity contribution in [3.8, 4) is 0 Å². The average molecular weight is 242 g/mol. The zero-order chi connectivity index (χ0) is 13.0. The monoisotopic (exact) mass is 242 g/mol. The molecule has 0 heterocycles. The van der Waals surface area contributed by atoms with E-state index in [2.05, 4.69) is 25.8 Å². The van der Waals surface area contributed by atoms with Gasteiger partial charge in [0.25, 0.3) is 0 Å². The van der Waals surface area contributed by atoms with Gasteiger partial charge in [-0.2, -0.15) is 0 Å². The second kappa shape index (κ2) is 6.72. The van der Waals surface area contributed by atoms with Crippen LogP contribution in [0.4, 0.5) is 0 Å². The molecule has 0 bridgehead atoms. The van der Waals surface area contributed by atoms with Gasteiger partial charge in [0.2, 0.25) is 0 Å². The van der Waals surface area contributed by atoms with Crippen LogP contribution in [0.1, 0.15) is 40.0 Å². The van der Waals surface area contributed by atoms with Crippen molar-refractivity contribution < 1.29 is 5.11 Å². The summed E-state index contributed by atoms with van der Waals surface area (Å²) < 4.78 is 0. The normalized spacial score (nSPS) is 32.1. The number of nitrogens with zero attached hydrogens (tertiary/aromatic N) is 1. The Balaban J connectivity index is 2.44. The van der Waals surface area contributed by atoms with E-state index in [1.807, 2.05) is 6.92 Å². The first-order valence-corrected chi connectivity index (χ1v) is 7.02. The molecule has 0 spiro atoms. The highest BCUT2D eigenvalue weighted by Gasteiger charge is 2.30. The maximum atomic E-state index is 9.39. The van der Waals surface area contributed by atoms with Crippen LogP contribution >= 0.6 is 0 Å². The quantitative estimate of drug-likeness (QED) is 0.771. The molecular weight excluding hydrogens is 212 g/mol. The van der Waals surface area contributed by atoms with Gasteiger partial charge in [-0.15, -0.1) is 0 Å². The van der Waals surface area contributed by atoms with Gasteiger partial charge in [-0.05, 0) is 51.0 Å². The van der Waals surface area contributed by atoms with Gasteiger partial charge in [-0.25, -0.2) is 0 Å². The molecule has 1 aliphatic carbocycles. The third-order valence-electron chi connectivity index (χ3n) is 4.15. The van der Waals surface area contributed by atoms with Gasteiger partial charge in [0.05, 0.1) is 6.10 Å². The molecule has 0 aromatic carbocycles. The summed E-state index contributed by atoms with van der Waals surface area (Å²) in [4.78, 5) is 2.22. The molecule has 1 saturated carbocycles. The number of aliphatic hydroxyl groups excluding tert-OH is 1. The highest BCUT2D eigenvalue weighted by atomic mass is 16.3. The molecule has 4 atom stereocenters. The standard InChI is InChI=1S/C14H30N2O/c1-10(2)12-5-6-14(15)13(7-12)9-16(4)8-11(3)17/h10-14,17H,5-9,15H2,1-4H3. The Hall–Kier alpha value is -0.120. The molecule has 0 radical (unpaired) electrons. The molecule has 0 amide bonds. The third-order valence-corrected chi connectivity index (χ3v) is 4.15. The largest absolute Gasteiger partial charge is 0.392 e. The van der Waals surface area contributed by atoms with Crippen molar-refractivity contribution in [2.75, 3.05) is 20.1 Å². The highest BCUT2D eigenvalue weighted by molar-refractivity contribution is 4.85. The summed E-state index contributed by atoms with van der Waals surface area (Å²) in [6.45, 7) is 8.25. The molecule has 0 saturated heterocycles. The lowest BCUT2D eigenvalue weighted by molar-refractivity contribution is 0.106. The van der Waals surface area contributed by atoms with Crippen molar-refractivity contribution >= 4 is 0 Å². The molecule has 0 aliphatic heterocycles. The Bertz CT molecular complexity index is 218. The first-order valence-electron chi connectivity index (χ1n) is 7.02. The Morgan fingerprint density at radius 1 is 1.29 bits per heavy atom. The smallest absolute Gasteiger partial charge is 0.0638 e. The summed E-state index contributed by atoms with van der Waals surface area (Å²) >= 11 is 0. The van der Waals surface area contributed by atoms with Crippen molar-refractivity contribution in [1.82, 2.24) is 4.90 Å². The van der Waals surface area contributed by atoms with Crippen LogP contribution in [0, 0.1) is 17.8 Å². The topological polar surface area (TPSA) is 49.5 Å². The van der Waals surface area contributed by atoms with Gasteiger partial charge in [0, 0.05) is 19.1 Å². The number of rotatable bonds is 5. The van der Waals surface area contributed by atoms with E-state index >= 15 is 0 Å². The van der Waals surface area contributed by atoms with E-state index in [0.29, 0.717) is 12.0 Å². The van der Waals surface area contributed by atoms with Gasteiger partial charge in [0.15, 0.2) is 0 Å². The van der Waals surface area contributed by atoms with Crippen LogP contribution < -0.4 is 5.73 Å². The molecule has 3 N–H and O–H groups in total. The fourth-order valence-electron chi connectivity index (χ4n) is 3.07. The zero-order valence-electron chi connectivity index (χ0n) is 11.9. The van der Waals surface area contributed by atoms with Crippen LogP contribution in [-0.4, -0.2) is 42.3 Å².